The van der Waals surface area contributed by atoms with E-state index in [4.69, 9.17) is 9.47 Å². The van der Waals surface area contributed by atoms with Crippen LogP contribution >= 0.6 is 0 Å². The van der Waals surface area contributed by atoms with Crippen LogP contribution in [0.25, 0.3) is 0 Å². The highest BCUT2D eigenvalue weighted by Gasteiger charge is 2.24. The maximum absolute atomic E-state index is 9.48. The zero-order chi connectivity index (χ0) is 16.5. The number of rotatable bonds is 17. The topological polar surface area (TPSA) is 38.7 Å². The standard InChI is InChI=1S/C19H40O3/c1-4-6-8-10-12-14-16-21-19(3,18-20)22-17-15-13-11-9-7-5-2/h20H,4-18H2,1-3H3. The Hall–Kier alpha value is -0.120. The van der Waals surface area contributed by atoms with E-state index >= 15 is 0 Å². The van der Waals surface area contributed by atoms with E-state index in [9.17, 15) is 5.11 Å². The lowest BCUT2D eigenvalue weighted by Crippen LogP contribution is -2.37. The number of hydrogen-bond acceptors (Lipinski definition) is 3. The van der Waals surface area contributed by atoms with Crippen molar-refractivity contribution in [2.24, 2.45) is 0 Å². The summed E-state index contributed by atoms with van der Waals surface area (Å²) in [7, 11) is 0. The van der Waals surface area contributed by atoms with Crippen LogP contribution in [0, 0.1) is 0 Å². The van der Waals surface area contributed by atoms with Crippen LogP contribution in [0.5, 0.6) is 0 Å². The van der Waals surface area contributed by atoms with E-state index in [1.165, 1.54) is 64.2 Å². The van der Waals surface area contributed by atoms with Gasteiger partial charge in [0, 0.05) is 0 Å². The van der Waals surface area contributed by atoms with Crippen molar-refractivity contribution in [3.63, 3.8) is 0 Å². The maximum atomic E-state index is 9.48. The third kappa shape index (κ3) is 13.5. The summed E-state index contributed by atoms with van der Waals surface area (Å²) in [6.07, 6.45) is 15.0. The molecule has 0 spiro atoms. The minimum atomic E-state index is -0.813. The minimum Gasteiger partial charge on any atom is -0.391 e. The van der Waals surface area contributed by atoms with Gasteiger partial charge in [0.05, 0.1) is 19.8 Å². The van der Waals surface area contributed by atoms with Crippen LogP contribution in [0.3, 0.4) is 0 Å². The fourth-order valence-electron chi connectivity index (χ4n) is 2.47. The van der Waals surface area contributed by atoms with Gasteiger partial charge in [-0.2, -0.15) is 0 Å². The number of unbranched alkanes of at least 4 members (excludes halogenated alkanes) is 10. The molecule has 0 unspecified atom stereocenters. The molecule has 0 saturated carbocycles. The maximum Gasteiger partial charge on any atom is 0.188 e. The first-order chi connectivity index (χ1) is 10.7. The SMILES string of the molecule is CCCCCCCCOC(C)(CO)OCCCCCCCC. The van der Waals surface area contributed by atoms with Crippen molar-refractivity contribution in [3.8, 4) is 0 Å². The molecule has 0 aliphatic carbocycles. The Morgan fingerprint density at radius 3 is 1.36 bits per heavy atom. The van der Waals surface area contributed by atoms with E-state index < -0.39 is 5.79 Å². The molecule has 0 atom stereocenters. The van der Waals surface area contributed by atoms with Crippen molar-refractivity contribution < 1.29 is 14.6 Å². The third-order valence-corrected chi connectivity index (χ3v) is 4.10. The predicted octanol–water partition coefficient (Wildman–Crippen LogP) is 5.45. The quantitative estimate of drug-likeness (QED) is 0.286. The summed E-state index contributed by atoms with van der Waals surface area (Å²) in [5.41, 5.74) is 0. The van der Waals surface area contributed by atoms with E-state index in [-0.39, 0.29) is 6.61 Å². The summed E-state index contributed by atoms with van der Waals surface area (Å²) >= 11 is 0. The molecule has 0 fully saturated rings. The zero-order valence-electron chi connectivity index (χ0n) is 15.4. The third-order valence-electron chi connectivity index (χ3n) is 4.10. The zero-order valence-corrected chi connectivity index (χ0v) is 15.4. The first kappa shape index (κ1) is 21.9. The summed E-state index contributed by atoms with van der Waals surface area (Å²) in [5, 5.41) is 9.48. The molecule has 134 valence electrons. The summed E-state index contributed by atoms with van der Waals surface area (Å²) < 4.78 is 11.5. The summed E-state index contributed by atoms with van der Waals surface area (Å²) in [4.78, 5) is 0. The Balaban J connectivity index is 3.54. The smallest absolute Gasteiger partial charge is 0.188 e. The van der Waals surface area contributed by atoms with Gasteiger partial charge in [0.25, 0.3) is 0 Å². The highest BCUT2D eigenvalue weighted by Crippen LogP contribution is 2.15. The summed E-state index contributed by atoms with van der Waals surface area (Å²) in [6, 6.07) is 0. The lowest BCUT2D eigenvalue weighted by Gasteiger charge is -2.28. The van der Waals surface area contributed by atoms with Crippen molar-refractivity contribution in [1.82, 2.24) is 0 Å². The van der Waals surface area contributed by atoms with Crippen molar-refractivity contribution in [1.29, 1.82) is 0 Å². The number of hydrogen-bond donors (Lipinski definition) is 1. The molecular formula is C19H40O3. The van der Waals surface area contributed by atoms with Gasteiger partial charge in [-0.05, 0) is 19.8 Å². The van der Waals surface area contributed by atoms with Gasteiger partial charge >= 0.3 is 0 Å². The molecule has 0 aromatic rings. The molecule has 0 aromatic carbocycles. The Morgan fingerprint density at radius 1 is 0.636 bits per heavy atom. The molecule has 0 amide bonds. The van der Waals surface area contributed by atoms with Crippen molar-refractivity contribution in [3.05, 3.63) is 0 Å². The van der Waals surface area contributed by atoms with Crippen LogP contribution in [0.4, 0.5) is 0 Å². The number of aliphatic hydroxyl groups excluding tert-OH is 1. The molecule has 22 heavy (non-hydrogen) atoms. The van der Waals surface area contributed by atoms with Gasteiger partial charge in [-0.25, -0.2) is 0 Å². The van der Waals surface area contributed by atoms with Crippen molar-refractivity contribution in [2.75, 3.05) is 19.8 Å². The van der Waals surface area contributed by atoms with Gasteiger partial charge in [-0.1, -0.05) is 78.1 Å². The lowest BCUT2D eigenvalue weighted by atomic mass is 10.1. The highest BCUT2D eigenvalue weighted by molar-refractivity contribution is 4.61. The molecule has 0 radical (unpaired) electrons. The molecule has 0 rings (SSSR count). The first-order valence-electron chi connectivity index (χ1n) is 9.57. The molecule has 0 aliphatic rings. The average molecular weight is 317 g/mol. The van der Waals surface area contributed by atoms with Gasteiger partial charge in [0.15, 0.2) is 5.79 Å². The Bertz CT molecular complexity index is 201. The van der Waals surface area contributed by atoms with Crippen LogP contribution in [-0.4, -0.2) is 30.7 Å². The van der Waals surface area contributed by atoms with Crippen LogP contribution in [-0.2, 0) is 9.47 Å². The Kier molecular flexibility index (Phi) is 15.7. The van der Waals surface area contributed by atoms with E-state index in [1.54, 1.807) is 0 Å². The van der Waals surface area contributed by atoms with E-state index in [0.29, 0.717) is 13.2 Å². The van der Waals surface area contributed by atoms with Gasteiger partial charge < -0.3 is 14.6 Å². The molecule has 0 saturated heterocycles. The molecule has 3 heteroatoms. The van der Waals surface area contributed by atoms with Crippen LogP contribution in [0.15, 0.2) is 0 Å². The number of ether oxygens (including phenoxy) is 2. The first-order valence-corrected chi connectivity index (χ1v) is 9.57. The second-order valence-corrected chi connectivity index (χ2v) is 6.52. The van der Waals surface area contributed by atoms with Crippen molar-refractivity contribution >= 4 is 0 Å². The second kappa shape index (κ2) is 15.8. The van der Waals surface area contributed by atoms with E-state index in [0.717, 1.165) is 12.8 Å². The Labute approximate surface area is 138 Å². The average Bonchev–Trinajstić information content (AvgIpc) is 2.53. The van der Waals surface area contributed by atoms with E-state index in [1.807, 2.05) is 6.92 Å². The van der Waals surface area contributed by atoms with Crippen LogP contribution in [0.2, 0.25) is 0 Å². The molecular weight excluding hydrogens is 276 g/mol. The fraction of sp³-hybridized carbons (Fsp3) is 1.00. The molecule has 0 aliphatic heterocycles. The number of aliphatic hydroxyl groups is 1. The molecule has 0 aromatic heterocycles. The van der Waals surface area contributed by atoms with Crippen LogP contribution < -0.4 is 0 Å². The minimum absolute atomic E-state index is 0.0708. The summed E-state index contributed by atoms with van der Waals surface area (Å²) in [5.74, 6) is -0.813. The van der Waals surface area contributed by atoms with Gasteiger partial charge in [-0.15, -0.1) is 0 Å². The van der Waals surface area contributed by atoms with Gasteiger partial charge in [0.1, 0.15) is 0 Å². The van der Waals surface area contributed by atoms with Crippen molar-refractivity contribution in [2.45, 2.75) is 104 Å². The monoisotopic (exact) mass is 316 g/mol. The molecule has 3 nitrogen and oxygen atoms in total. The molecule has 1 N–H and O–H groups in total. The molecule has 0 heterocycles. The summed E-state index contributed by atoms with van der Waals surface area (Å²) in [6.45, 7) is 7.60. The largest absolute Gasteiger partial charge is 0.391 e. The fourth-order valence-corrected chi connectivity index (χ4v) is 2.47. The molecule has 0 bridgehead atoms. The van der Waals surface area contributed by atoms with E-state index in [2.05, 4.69) is 13.8 Å². The van der Waals surface area contributed by atoms with Gasteiger partial charge in [-0.3, -0.25) is 0 Å². The second-order valence-electron chi connectivity index (χ2n) is 6.52. The highest BCUT2D eigenvalue weighted by atomic mass is 16.7. The Morgan fingerprint density at radius 2 is 1.00 bits per heavy atom. The van der Waals surface area contributed by atoms with Crippen LogP contribution in [0.1, 0.15) is 97.8 Å². The lowest BCUT2D eigenvalue weighted by molar-refractivity contribution is -0.244. The normalized spacial score (nSPS) is 12.0. The predicted molar refractivity (Wildman–Crippen MR) is 94.1 cm³/mol. The van der Waals surface area contributed by atoms with Gasteiger partial charge in [0.2, 0.25) is 0 Å².